The number of imidazole rings is 1. The van der Waals surface area contributed by atoms with Gasteiger partial charge < -0.3 is 14.6 Å². The fourth-order valence-corrected chi connectivity index (χ4v) is 3.65. The first kappa shape index (κ1) is 23.7. The number of amides is 1. The van der Waals surface area contributed by atoms with E-state index < -0.39 is 36.2 Å². The molecule has 6 nitrogen and oxygen atoms in total. The van der Waals surface area contributed by atoms with E-state index in [2.05, 4.69) is 20.9 Å². The van der Waals surface area contributed by atoms with Crippen LogP contribution in [0.2, 0.25) is 0 Å². The molecule has 3 rings (SSSR count). The Hall–Kier alpha value is -2.95. The molecule has 0 spiro atoms. The van der Waals surface area contributed by atoms with E-state index in [4.69, 9.17) is 5.11 Å². The summed E-state index contributed by atoms with van der Waals surface area (Å²) in [5.74, 6) is -3.56. The summed E-state index contributed by atoms with van der Waals surface area (Å²) in [5.41, 5.74) is 0.596. The van der Waals surface area contributed by atoms with Crippen molar-refractivity contribution in [1.82, 2.24) is 14.5 Å². The van der Waals surface area contributed by atoms with Crippen LogP contribution in [0.3, 0.4) is 0 Å². The molecule has 0 aliphatic heterocycles. The lowest BCUT2D eigenvalue weighted by Crippen LogP contribution is -2.35. The van der Waals surface area contributed by atoms with Crippen molar-refractivity contribution in [2.45, 2.75) is 32.1 Å². The minimum absolute atomic E-state index is 0.0151. The number of aryl methyl sites for hydroxylation is 1. The maximum atomic E-state index is 14.1. The molecule has 0 radical (unpaired) electrons. The molecule has 0 bridgehead atoms. The quantitative estimate of drug-likeness (QED) is 0.435. The van der Waals surface area contributed by atoms with Gasteiger partial charge >= 0.3 is 12.1 Å². The largest absolute Gasteiger partial charge is 0.480 e. The first-order chi connectivity index (χ1) is 15.1. The molecule has 32 heavy (non-hydrogen) atoms. The molecule has 0 atom stereocenters. The molecule has 1 heterocycles. The van der Waals surface area contributed by atoms with Crippen LogP contribution in [-0.4, -0.2) is 38.0 Å². The number of fused-ring (bicyclic) bond motifs is 1. The van der Waals surface area contributed by atoms with E-state index in [1.54, 1.807) is 18.2 Å². The van der Waals surface area contributed by atoms with Gasteiger partial charge in [-0.1, -0.05) is 34.1 Å². The second kappa shape index (κ2) is 9.68. The number of alkyl halides is 3. The highest BCUT2D eigenvalue weighted by atomic mass is 79.9. The molecule has 1 aromatic heterocycles. The van der Waals surface area contributed by atoms with Gasteiger partial charge in [-0.15, -0.1) is 0 Å². The highest BCUT2D eigenvalue weighted by Gasteiger charge is 2.37. The maximum Gasteiger partial charge on any atom is 0.449 e. The van der Waals surface area contributed by atoms with Crippen LogP contribution < -0.4 is 0 Å². The number of benzene rings is 2. The number of aliphatic carboxylic acids is 1. The Balaban J connectivity index is 1.73. The second-order valence-corrected chi connectivity index (χ2v) is 7.97. The second-order valence-electron chi connectivity index (χ2n) is 7.06. The molecule has 1 amide bonds. The average Bonchev–Trinajstić information content (AvgIpc) is 3.08. The minimum Gasteiger partial charge on any atom is -0.480 e. The number of para-hydroxylation sites is 2. The van der Waals surface area contributed by atoms with Crippen molar-refractivity contribution < 1.29 is 32.3 Å². The van der Waals surface area contributed by atoms with Crippen LogP contribution in [0.4, 0.5) is 17.6 Å². The van der Waals surface area contributed by atoms with Crippen molar-refractivity contribution in [2.75, 3.05) is 6.54 Å². The van der Waals surface area contributed by atoms with E-state index in [0.717, 1.165) is 9.47 Å². The fraction of sp³-hybridized carbons (Fsp3) is 0.286. The number of carboxylic acid groups (broad SMARTS) is 1. The number of carbonyl (C=O) groups excluding carboxylic acids is 1. The molecule has 0 saturated heterocycles. The van der Waals surface area contributed by atoms with Crippen molar-refractivity contribution in [1.29, 1.82) is 0 Å². The number of halogens is 5. The van der Waals surface area contributed by atoms with Crippen LogP contribution in [0.15, 0.2) is 46.9 Å². The van der Waals surface area contributed by atoms with Crippen LogP contribution in [0, 0.1) is 5.82 Å². The third-order valence-electron chi connectivity index (χ3n) is 4.74. The zero-order valence-corrected chi connectivity index (χ0v) is 18.2. The molecule has 0 fully saturated rings. The molecule has 0 saturated carbocycles. The molecule has 0 unspecified atom stereocenters. The van der Waals surface area contributed by atoms with E-state index in [1.165, 1.54) is 24.3 Å². The van der Waals surface area contributed by atoms with Gasteiger partial charge in [0.25, 0.3) is 0 Å². The van der Waals surface area contributed by atoms with Crippen molar-refractivity contribution >= 4 is 38.8 Å². The predicted octanol–water partition coefficient (Wildman–Crippen LogP) is 4.85. The molecule has 0 aliphatic carbocycles. The molecule has 2 aromatic carbocycles. The SMILES string of the molecule is O=C(O)CN(Cc1ccc(Br)cc1F)C(=O)CCCn1c(C(F)(F)F)nc2ccccc21. The van der Waals surface area contributed by atoms with Crippen LogP contribution in [0.25, 0.3) is 11.0 Å². The lowest BCUT2D eigenvalue weighted by atomic mass is 10.2. The van der Waals surface area contributed by atoms with Crippen LogP contribution in [-0.2, 0) is 28.9 Å². The highest BCUT2D eigenvalue weighted by Crippen LogP contribution is 2.31. The predicted molar refractivity (Wildman–Crippen MR) is 111 cm³/mol. The number of rotatable bonds is 8. The lowest BCUT2D eigenvalue weighted by Gasteiger charge is -2.21. The van der Waals surface area contributed by atoms with Gasteiger partial charge in [-0.2, -0.15) is 13.2 Å². The van der Waals surface area contributed by atoms with Crippen molar-refractivity contribution in [3.8, 4) is 0 Å². The van der Waals surface area contributed by atoms with Gasteiger partial charge in [0, 0.05) is 29.5 Å². The average molecular weight is 516 g/mol. The number of hydrogen-bond acceptors (Lipinski definition) is 3. The summed E-state index contributed by atoms with van der Waals surface area (Å²) in [6.07, 6.45) is -4.87. The van der Waals surface area contributed by atoms with Gasteiger partial charge in [0.1, 0.15) is 12.4 Å². The molecule has 170 valence electrons. The van der Waals surface area contributed by atoms with Crippen LogP contribution in [0.1, 0.15) is 24.2 Å². The van der Waals surface area contributed by atoms with E-state index in [-0.39, 0.29) is 42.5 Å². The van der Waals surface area contributed by atoms with E-state index in [0.29, 0.717) is 4.47 Å². The summed E-state index contributed by atoms with van der Waals surface area (Å²) in [4.78, 5) is 28.4. The third kappa shape index (κ3) is 5.64. The van der Waals surface area contributed by atoms with E-state index in [9.17, 15) is 27.2 Å². The van der Waals surface area contributed by atoms with Gasteiger partial charge in [0.15, 0.2) is 0 Å². The first-order valence-electron chi connectivity index (χ1n) is 9.52. The Morgan fingerprint density at radius 3 is 2.53 bits per heavy atom. The Bertz CT molecular complexity index is 1150. The molecular formula is C21H18BrF4N3O3. The minimum atomic E-state index is -4.67. The Morgan fingerprint density at radius 2 is 1.88 bits per heavy atom. The number of nitrogens with zero attached hydrogens (tertiary/aromatic N) is 3. The third-order valence-corrected chi connectivity index (χ3v) is 5.23. The zero-order chi connectivity index (χ0) is 23.5. The number of carboxylic acids is 1. The summed E-state index contributed by atoms with van der Waals surface area (Å²) in [6.45, 7) is -1.07. The summed E-state index contributed by atoms with van der Waals surface area (Å²) in [6, 6.07) is 10.3. The van der Waals surface area contributed by atoms with Crippen molar-refractivity contribution in [3.05, 3.63) is 64.1 Å². The Labute approximate surface area is 188 Å². The summed E-state index contributed by atoms with van der Waals surface area (Å²) in [7, 11) is 0. The van der Waals surface area contributed by atoms with Crippen molar-refractivity contribution in [2.24, 2.45) is 0 Å². The van der Waals surface area contributed by atoms with Crippen molar-refractivity contribution in [3.63, 3.8) is 0 Å². The number of aromatic nitrogens is 2. The normalized spacial score (nSPS) is 11.7. The number of hydrogen-bond donors (Lipinski definition) is 1. The molecular weight excluding hydrogens is 498 g/mol. The summed E-state index contributed by atoms with van der Waals surface area (Å²) >= 11 is 3.12. The summed E-state index contributed by atoms with van der Waals surface area (Å²) in [5, 5.41) is 9.11. The van der Waals surface area contributed by atoms with Gasteiger partial charge in [-0.05, 0) is 30.7 Å². The highest BCUT2D eigenvalue weighted by molar-refractivity contribution is 9.10. The van der Waals surface area contributed by atoms with Crippen LogP contribution in [0.5, 0.6) is 0 Å². The topological polar surface area (TPSA) is 75.4 Å². The smallest absolute Gasteiger partial charge is 0.449 e. The molecule has 11 heteroatoms. The van der Waals surface area contributed by atoms with Gasteiger partial charge in [0.2, 0.25) is 11.7 Å². The lowest BCUT2D eigenvalue weighted by molar-refractivity contribution is -0.147. The maximum absolute atomic E-state index is 14.1. The van der Waals surface area contributed by atoms with Gasteiger partial charge in [0.05, 0.1) is 11.0 Å². The Morgan fingerprint density at radius 1 is 1.16 bits per heavy atom. The fourth-order valence-electron chi connectivity index (χ4n) is 3.32. The molecule has 3 aromatic rings. The summed E-state index contributed by atoms with van der Waals surface area (Å²) < 4.78 is 55.8. The van der Waals surface area contributed by atoms with Gasteiger partial charge in [-0.3, -0.25) is 9.59 Å². The van der Waals surface area contributed by atoms with Gasteiger partial charge in [-0.25, -0.2) is 9.37 Å². The van der Waals surface area contributed by atoms with E-state index >= 15 is 0 Å². The standard InChI is InChI=1S/C21H18BrF4N3O3/c22-14-8-7-13(15(23)10-14)11-28(12-19(31)32)18(30)6-3-9-29-17-5-2-1-4-16(17)27-20(29)21(24,25)26/h1-2,4-5,7-8,10H,3,6,9,11-12H2,(H,31,32). The van der Waals surface area contributed by atoms with Crippen LogP contribution >= 0.6 is 15.9 Å². The zero-order valence-electron chi connectivity index (χ0n) is 16.6. The number of carbonyl (C=O) groups is 2. The molecule has 0 aliphatic rings. The first-order valence-corrected chi connectivity index (χ1v) is 10.3. The Kier molecular flexibility index (Phi) is 7.17. The monoisotopic (exact) mass is 515 g/mol. The van der Waals surface area contributed by atoms with E-state index in [1.807, 2.05) is 0 Å². The molecule has 1 N–H and O–H groups in total.